The van der Waals surface area contributed by atoms with Gasteiger partial charge in [-0.1, -0.05) is 30.3 Å². The summed E-state index contributed by atoms with van der Waals surface area (Å²) in [5.74, 6) is -4.59. The molecular weight excluding hydrogens is 614 g/mol. The van der Waals surface area contributed by atoms with Gasteiger partial charge in [-0.2, -0.15) is 0 Å². The third-order valence-corrected chi connectivity index (χ3v) is 6.23. The Bertz CT molecular complexity index is 1240. The average Bonchev–Trinajstić information content (AvgIpc) is 2.98. The number of hydrogen-bond donors (Lipinski definition) is 3. The Morgan fingerprint density at radius 3 is 2.04 bits per heavy atom. The van der Waals surface area contributed by atoms with Crippen molar-refractivity contribution in [3.63, 3.8) is 0 Å². The normalized spacial score (nSPS) is 21.7. The quantitative estimate of drug-likeness (QED) is 0.172. The molecule has 0 aliphatic carbocycles. The number of esters is 4. The van der Waals surface area contributed by atoms with Crippen LogP contribution in [0.25, 0.3) is 0 Å². The summed E-state index contributed by atoms with van der Waals surface area (Å²) in [6, 6.07) is 4.74. The first kappa shape index (κ1) is 37.4. The molecule has 17 heteroatoms. The molecule has 1 heterocycles. The van der Waals surface area contributed by atoms with Gasteiger partial charge in [-0.25, -0.2) is 9.59 Å². The Labute approximate surface area is 264 Å². The van der Waals surface area contributed by atoms with Crippen molar-refractivity contribution in [2.45, 2.75) is 84.0 Å². The molecule has 17 nitrogen and oxygen atoms in total. The van der Waals surface area contributed by atoms with E-state index in [0.717, 1.165) is 34.8 Å². The highest BCUT2D eigenvalue weighted by atomic mass is 16.7. The van der Waals surface area contributed by atoms with E-state index in [1.807, 2.05) is 0 Å². The molecule has 1 fully saturated rings. The molecule has 0 aromatic heterocycles. The van der Waals surface area contributed by atoms with Crippen molar-refractivity contribution >= 4 is 41.8 Å². The Hall–Kier alpha value is -4.77. The van der Waals surface area contributed by atoms with Crippen LogP contribution in [0.2, 0.25) is 0 Å². The second kappa shape index (κ2) is 18.3. The Balaban J connectivity index is 2.37. The van der Waals surface area contributed by atoms with Crippen LogP contribution in [0.4, 0.5) is 4.79 Å². The van der Waals surface area contributed by atoms with E-state index in [-0.39, 0.29) is 6.61 Å². The fourth-order valence-electron chi connectivity index (χ4n) is 4.26. The first-order chi connectivity index (χ1) is 21.7. The molecule has 0 radical (unpaired) electrons. The van der Waals surface area contributed by atoms with Crippen LogP contribution in [0.15, 0.2) is 30.3 Å². The molecule has 1 aromatic rings. The van der Waals surface area contributed by atoms with Crippen LogP contribution in [-0.2, 0) is 68.5 Å². The maximum atomic E-state index is 13.2. The molecular formula is C29H39N3O14. The topological polar surface area (TPSA) is 220 Å². The van der Waals surface area contributed by atoms with Gasteiger partial charge in [0.05, 0.1) is 13.7 Å². The van der Waals surface area contributed by atoms with E-state index >= 15 is 0 Å². The minimum Gasteiger partial charge on any atom is -0.467 e. The first-order valence-electron chi connectivity index (χ1n) is 14.1. The minimum atomic E-state index is -1.53. The highest BCUT2D eigenvalue weighted by molar-refractivity contribution is 5.89. The molecule has 0 spiro atoms. The molecule has 254 valence electrons. The smallest absolute Gasteiger partial charge is 0.408 e. The van der Waals surface area contributed by atoms with Crippen molar-refractivity contribution in [3.8, 4) is 0 Å². The summed E-state index contributed by atoms with van der Waals surface area (Å²) in [7, 11) is 1.13. The lowest BCUT2D eigenvalue weighted by atomic mass is 9.96. The lowest BCUT2D eigenvalue weighted by Gasteiger charge is -2.45. The molecule has 1 aliphatic heterocycles. The van der Waals surface area contributed by atoms with Crippen molar-refractivity contribution in [2.24, 2.45) is 0 Å². The highest BCUT2D eigenvalue weighted by Gasteiger charge is 2.51. The van der Waals surface area contributed by atoms with Crippen molar-refractivity contribution < 1.29 is 66.7 Å². The largest absolute Gasteiger partial charge is 0.467 e. The van der Waals surface area contributed by atoms with Crippen LogP contribution in [0.5, 0.6) is 0 Å². The van der Waals surface area contributed by atoms with Crippen molar-refractivity contribution in [1.82, 2.24) is 16.0 Å². The van der Waals surface area contributed by atoms with Crippen LogP contribution >= 0.6 is 0 Å². The van der Waals surface area contributed by atoms with E-state index in [9.17, 15) is 33.6 Å². The number of carbonyl (C=O) groups is 7. The molecule has 46 heavy (non-hydrogen) atoms. The van der Waals surface area contributed by atoms with Crippen molar-refractivity contribution in [1.29, 1.82) is 0 Å². The summed E-state index contributed by atoms with van der Waals surface area (Å²) in [6.07, 6.45) is -6.61. The van der Waals surface area contributed by atoms with E-state index in [1.54, 1.807) is 30.3 Å². The number of ether oxygens (including phenoxy) is 7. The van der Waals surface area contributed by atoms with Gasteiger partial charge in [-0.15, -0.1) is 0 Å². The Kier molecular flexibility index (Phi) is 14.9. The highest BCUT2D eigenvalue weighted by Crippen LogP contribution is 2.28. The summed E-state index contributed by atoms with van der Waals surface area (Å²) < 4.78 is 37.4. The standard InChI is InChI=1S/C29H39N3O14/c1-15(27(38)40-6)30-26(37)21(32-29(39)43-12-20-10-8-7-9-11-20)13-42-28-23(31-16(2)33)25(45-19(5)36)24(44-18(4)35)22(46-28)14-41-17(3)34/h7-11,15,21-25,28H,12-14H2,1-6H3,(H,30,37)(H,31,33)(H,32,39). The first-order valence-corrected chi connectivity index (χ1v) is 14.1. The predicted molar refractivity (Wildman–Crippen MR) is 153 cm³/mol. The van der Waals surface area contributed by atoms with Gasteiger partial charge in [0.15, 0.2) is 18.5 Å². The van der Waals surface area contributed by atoms with Gasteiger partial charge >= 0.3 is 30.0 Å². The van der Waals surface area contributed by atoms with E-state index in [1.165, 1.54) is 6.92 Å². The number of nitrogens with one attached hydrogen (secondary N) is 3. The number of rotatable bonds is 14. The summed E-state index contributed by atoms with van der Waals surface area (Å²) in [5, 5.41) is 7.27. The van der Waals surface area contributed by atoms with Gasteiger partial charge in [0.25, 0.3) is 0 Å². The van der Waals surface area contributed by atoms with E-state index in [4.69, 9.17) is 28.4 Å². The molecule has 7 unspecified atom stereocenters. The number of alkyl carbamates (subject to hydrolysis) is 1. The predicted octanol–water partition coefficient (Wildman–Crippen LogP) is -0.368. The molecule has 3 amide bonds. The number of carbonyl (C=O) groups excluding carboxylic acids is 7. The number of hydrogen-bond acceptors (Lipinski definition) is 14. The van der Waals surface area contributed by atoms with Gasteiger partial charge in [0.2, 0.25) is 11.8 Å². The van der Waals surface area contributed by atoms with Gasteiger partial charge in [0.1, 0.15) is 37.4 Å². The number of amides is 3. The van der Waals surface area contributed by atoms with E-state index < -0.39 is 97.7 Å². The fraction of sp³-hybridized carbons (Fsp3) is 0.552. The second-order valence-electron chi connectivity index (χ2n) is 10.1. The van der Waals surface area contributed by atoms with Crippen LogP contribution in [-0.4, -0.2) is 105 Å². The second-order valence-corrected chi connectivity index (χ2v) is 10.1. The molecule has 1 aliphatic rings. The zero-order valence-corrected chi connectivity index (χ0v) is 26.3. The molecule has 1 saturated heterocycles. The van der Waals surface area contributed by atoms with Gasteiger partial charge < -0.3 is 49.1 Å². The van der Waals surface area contributed by atoms with Crippen LogP contribution in [0, 0.1) is 0 Å². The molecule has 7 atom stereocenters. The van der Waals surface area contributed by atoms with Crippen LogP contribution in [0.1, 0.15) is 40.2 Å². The molecule has 0 bridgehead atoms. The number of methoxy groups -OCH3 is 1. The molecule has 3 N–H and O–H groups in total. The van der Waals surface area contributed by atoms with Gasteiger partial charge in [0, 0.05) is 27.7 Å². The summed E-state index contributed by atoms with van der Waals surface area (Å²) in [4.78, 5) is 85.6. The lowest BCUT2D eigenvalue weighted by Crippen LogP contribution is -2.67. The van der Waals surface area contributed by atoms with Crippen molar-refractivity contribution in [2.75, 3.05) is 20.3 Å². The molecule has 0 saturated carbocycles. The Morgan fingerprint density at radius 2 is 1.48 bits per heavy atom. The minimum absolute atomic E-state index is 0.129. The van der Waals surface area contributed by atoms with Gasteiger partial charge in [-0.05, 0) is 12.5 Å². The number of benzene rings is 1. The van der Waals surface area contributed by atoms with Crippen LogP contribution in [0.3, 0.4) is 0 Å². The Morgan fingerprint density at radius 1 is 0.848 bits per heavy atom. The average molecular weight is 654 g/mol. The van der Waals surface area contributed by atoms with Gasteiger partial charge in [-0.3, -0.25) is 24.0 Å². The SMILES string of the molecule is COC(=O)C(C)NC(=O)C(COC1OC(COC(C)=O)C(OC(C)=O)C(OC(C)=O)C1NC(C)=O)NC(=O)OCc1ccccc1. The third kappa shape index (κ3) is 12.3. The van der Waals surface area contributed by atoms with Crippen molar-refractivity contribution in [3.05, 3.63) is 35.9 Å². The zero-order chi connectivity index (χ0) is 34.4. The summed E-state index contributed by atoms with van der Waals surface area (Å²) in [5.41, 5.74) is 0.667. The fourth-order valence-corrected chi connectivity index (χ4v) is 4.26. The molecule has 2 rings (SSSR count). The monoisotopic (exact) mass is 653 g/mol. The van der Waals surface area contributed by atoms with Crippen LogP contribution < -0.4 is 16.0 Å². The summed E-state index contributed by atoms with van der Waals surface area (Å²) in [6.45, 7) is 4.54. The third-order valence-electron chi connectivity index (χ3n) is 6.23. The maximum absolute atomic E-state index is 13.2. The lowest BCUT2D eigenvalue weighted by molar-refractivity contribution is -0.278. The summed E-state index contributed by atoms with van der Waals surface area (Å²) >= 11 is 0. The van der Waals surface area contributed by atoms with E-state index in [2.05, 4.69) is 20.7 Å². The zero-order valence-electron chi connectivity index (χ0n) is 26.3. The maximum Gasteiger partial charge on any atom is 0.408 e. The molecule has 1 aromatic carbocycles. The van der Waals surface area contributed by atoms with E-state index in [0.29, 0.717) is 5.56 Å².